The second kappa shape index (κ2) is 8.05. The molecule has 2 unspecified atom stereocenters. The summed E-state index contributed by atoms with van der Waals surface area (Å²) in [4.78, 5) is 0. The Morgan fingerprint density at radius 2 is 2.10 bits per heavy atom. The van der Waals surface area contributed by atoms with Gasteiger partial charge in [-0.15, -0.1) is 11.6 Å². The summed E-state index contributed by atoms with van der Waals surface area (Å²) in [6, 6.07) is 6.79. The third kappa shape index (κ3) is 4.23. The Hall–Kier alpha value is -0.530. The normalized spacial score (nSPS) is 20.9. The zero-order chi connectivity index (χ0) is 14.4. The maximum Gasteiger partial charge on any atom is 0.0589 e. The predicted molar refractivity (Wildman–Crippen MR) is 86.6 cm³/mol. The van der Waals surface area contributed by atoms with Gasteiger partial charge in [0.05, 0.1) is 11.5 Å². The topological polar surface area (TPSA) is 9.23 Å². The predicted octanol–water partition coefficient (Wildman–Crippen LogP) is 5.44. The van der Waals surface area contributed by atoms with Crippen LogP contribution in [-0.4, -0.2) is 12.7 Å². The standard InChI is InChI=1S/C18H27ClO/c1-3-14-8-9-15(4-2)17(13-14)18(19)11-10-16-7-5-6-12-20-16/h8-9,13,16,18H,3-7,10-12H2,1-2H3. The number of hydrogen-bond acceptors (Lipinski definition) is 1. The Morgan fingerprint density at radius 3 is 2.75 bits per heavy atom. The highest BCUT2D eigenvalue weighted by Gasteiger charge is 2.18. The number of hydrogen-bond donors (Lipinski definition) is 0. The molecule has 0 bridgehead atoms. The van der Waals surface area contributed by atoms with Gasteiger partial charge in [0.1, 0.15) is 0 Å². The highest BCUT2D eigenvalue weighted by atomic mass is 35.5. The highest BCUT2D eigenvalue weighted by Crippen LogP contribution is 2.32. The van der Waals surface area contributed by atoms with Crippen molar-refractivity contribution in [2.24, 2.45) is 0 Å². The van der Waals surface area contributed by atoms with Crippen LogP contribution in [0.4, 0.5) is 0 Å². The van der Waals surface area contributed by atoms with E-state index < -0.39 is 0 Å². The van der Waals surface area contributed by atoms with Crippen molar-refractivity contribution in [2.45, 2.75) is 70.3 Å². The molecule has 0 aliphatic carbocycles. The number of halogens is 1. The minimum Gasteiger partial charge on any atom is -0.378 e. The van der Waals surface area contributed by atoms with Crippen LogP contribution >= 0.6 is 11.6 Å². The van der Waals surface area contributed by atoms with Gasteiger partial charge in [-0.3, -0.25) is 0 Å². The minimum atomic E-state index is 0.127. The molecule has 0 saturated carbocycles. The van der Waals surface area contributed by atoms with Gasteiger partial charge in [0, 0.05) is 6.61 Å². The van der Waals surface area contributed by atoms with Gasteiger partial charge in [-0.2, -0.15) is 0 Å². The third-order valence-electron chi connectivity index (χ3n) is 4.35. The van der Waals surface area contributed by atoms with Gasteiger partial charge >= 0.3 is 0 Å². The number of rotatable bonds is 6. The molecule has 1 fully saturated rings. The average molecular weight is 295 g/mol. The molecule has 1 nitrogen and oxygen atoms in total. The Morgan fingerprint density at radius 1 is 1.25 bits per heavy atom. The fourth-order valence-corrected chi connectivity index (χ4v) is 3.33. The summed E-state index contributed by atoms with van der Waals surface area (Å²) >= 11 is 6.68. The number of aryl methyl sites for hydroxylation is 2. The van der Waals surface area contributed by atoms with Crippen molar-refractivity contribution >= 4 is 11.6 Å². The largest absolute Gasteiger partial charge is 0.378 e. The lowest BCUT2D eigenvalue weighted by Crippen LogP contribution is -2.19. The van der Waals surface area contributed by atoms with E-state index in [0.29, 0.717) is 6.10 Å². The molecule has 112 valence electrons. The molecule has 2 heteroatoms. The van der Waals surface area contributed by atoms with E-state index >= 15 is 0 Å². The van der Waals surface area contributed by atoms with Crippen LogP contribution in [0.3, 0.4) is 0 Å². The highest BCUT2D eigenvalue weighted by molar-refractivity contribution is 6.20. The van der Waals surface area contributed by atoms with E-state index in [1.165, 1.54) is 36.0 Å². The van der Waals surface area contributed by atoms with Gasteiger partial charge in [-0.25, -0.2) is 0 Å². The molecule has 0 radical (unpaired) electrons. The zero-order valence-corrected chi connectivity index (χ0v) is 13.6. The summed E-state index contributed by atoms with van der Waals surface area (Å²) in [5, 5.41) is 0.127. The van der Waals surface area contributed by atoms with Crippen LogP contribution in [0.2, 0.25) is 0 Å². The molecule has 20 heavy (non-hydrogen) atoms. The molecule has 2 rings (SSSR count). The molecule has 0 amide bonds. The van der Waals surface area contributed by atoms with E-state index in [1.807, 2.05) is 0 Å². The van der Waals surface area contributed by atoms with Crippen molar-refractivity contribution in [1.29, 1.82) is 0 Å². The Kier molecular flexibility index (Phi) is 6.38. The maximum absolute atomic E-state index is 6.68. The quantitative estimate of drug-likeness (QED) is 0.635. The van der Waals surface area contributed by atoms with Gasteiger partial charge in [0.2, 0.25) is 0 Å². The van der Waals surface area contributed by atoms with Gasteiger partial charge in [-0.05, 0) is 61.6 Å². The lowest BCUT2D eigenvalue weighted by molar-refractivity contribution is 0.00999. The molecule has 1 aromatic rings. The lowest BCUT2D eigenvalue weighted by Gasteiger charge is -2.24. The molecule has 1 aliphatic heterocycles. The molecular weight excluding hydrogens is 268 g/mol. The van der Waals surface area contributed by atoms with E-state index in [4.69, 9.17) is 16.3 Å². The van der Waals surface area contributed by atoms with Crippen LogP contribution in [-0.2, 0) is 17.6 Å². The molecular formula is C18H27ClO. The molecule has 2 atom stereocenters. The van der Waals surface area contributed by atoms with Crippen molar-refractivity contribution in [3.63, 3.8) is 0 Å². The van der Waals surface area contributed by atoms with Gasteiger partial charge < -0.3 is 4.74 Å². The van der Waals surface area contributed by atoms with Crippen molar-refractivity contribution in [1.82, 2.24) is 0 Å². The summed E-state index contributed by atoms with van der Waals surface area (Å²) < 4.78 is 5.81. The van der Waals surface area contributed by atoms with Crippen LogP contribution in [0.1, 0.15) is 68.0 Å². The molecule has 1 saturated heterocycles. The van der Waals surface area contributed by atoms with Crippen LogP contribution in [0.15, 0.2) is 18.2 Å². The maximum atomic E-state index is 6.68. The van der Waals surface area contributed by atoms with Crippen LogP contribution in [0, 0.1) is 0 Å². The zero-order valence-electron chi connectivity index (χ0n) is 12.8. The van der Waals surface area contributed by atoms with Crippen LogP contribution in [0.25, 0.3) is 0 Å². The SMILES string of the molecule is CCc1ccc(CC)c(C(Cl)CCC2CCCCO2)c1. The molecule has 1 aromatic carbocycles. The second-order valence-electron chi connectivity index (χ2n) is 5.77. The number of alkyl halides is 1. The van der Waals surface area contributed by atoms with Gasteiger partial charge in [0.15, 0.2) is 0 Å². The third-order valence-corrected chi connectivity index (χ3v) is 4.81. The van der Waals surface area contributed by atoms with E-state index in [-0.39, 0.29) is 5.38 Å². The summed E-state index contributed by atoms with van der Waals surface area (Å²) in [6.45, 7) is 5.34. The van der Waals surface area contributed by atoms with Crippen molar-refractivity contribution in [3.8, 4) is 0 Å². The van der Waals surface area contributed by atoms with E-state index in [2.05, 4.69) is 32.0 Å². The number of ether oxygens (including phenoxy) is 1. The van der Waals surface area contributed by atoms with Crippen LogP contribution in [0.5, 0.6) is 0 Å². The molecule has 1 heterocycles. The fraction of sp³-hybridized carbons (Fsp3) is 0.667. The smallest absolute Gasteiger partial charge is 0.0589 e. The number of benzene rings is 1. The summed E-state index contributed by atoms with van der Waals surface area (Å²) in [6.07, 6.45) is 8.42. The second-order valence-corrected chi connectivity index (χ2v) is 6.30. The van der Waals surface area contributed by atoms with Crippen molar-refractivity contribution in [3.05, 3.63) is 34.9 Å². The Bertz CT molecular complexity index is 410. The van der Waals surface area contributed by atoms with Gasteiger partial charge in [-0.1, -0.05) is 32.0 Å². The Labute approximate surface area is 128 Å². The van der Waals surface area contributed by atoms with E-state index in [0.717, 1.165) is 32.3 Å². The summed E-state index contributed by atoms with van der Waals surface area (Å²) in [5.41, 5.74) is 4.12. The first-order valence-corrected chi connectivity index (χ1v) is 8.55. The Balaban J connectivity index is 1.98. The van der Waals surface area contributed by atoms with Crippen LogP contribution < -0.4 is 0 Å². The average Bonchev–Trinajstić information content (AvgIpc) is 2.52. The molecule has 0 spiro atoms. The molecule has 0 aromatic heterocycles. The molecule has 1 aliphatic rings. The summed E-state index contributed by atoms with van der Waals surface area (Å²) in [5.74, 6) is 0. The van der Waals surface area contributed by atoms with E-state index in [1.54, 1.807) is 0 Å². The minimum absolute atomic E-state index is 0.127. The fourth-order valence-electron chi connectivity index (χ4n) is 3.00. The first kappa shape index (κ1) is 15.9. The van der Waals surface area contributed by atoms with E-state index in [9.17, 15) is 0 Å². The monoisotopic (exact) mass is 294 g/mol. The first-order valence-electron chi connectivity index (χ1n) is 8.12. The van der Waals surface area contributed by atoms with Crippen molar-refractivity contribution < 1.29 is 4.74 Å². The summed E-state index contributed by atoms with van der Waals surface area (Å²) in [7, 11) is 0. The lowest BCUT2D eigenvalue weighted by atomic mass is 9.95. The van der Waals surface area contributed by atoms with Gasteiger partial charge in [0.25, 0.3) is 0 Å². The first-order chi connectivity index (χ1) is 9.74. The molecule has 0 N–H and O–H groups in total. The van der Waals surface area contributed by atoms with Crippen molar-refractivity contribution in [2.75, 3.05) is 6.61 Å².